The SMILES string of the molecule is C=C/C=C\C1Cc2ccccc2N1c1cccc(-n2c(=O)n(-c3ccc(-c4ccc(-n5c(=O)n(-c6cccc(-n7c8ccccc8c8ccccc87)c6)c6ccccc65)cc4)cc3)c3ccccc32)c1. The van der Waals surface area contributed by atoms with Crippen LogP contribution in [0.2, 0.25) is 0 Å². The van der Waals surface area contributed by atoms with Gasteiger partial charge in [-0.15, -0.1) is 0 Å². The van der Waals surface area contributed by atoms with Gasteiger partial charge in [-0.25, -0.2) is 9.59 Å². The van der Waals surface area contributed by atoms with Gasteiger partial charge in [0.15, 0.2) is 0 Å². The minimum atomic E-state index is -0.153. The number of aromatic nitrogens is 5. The molecular formula is C62H44N6O2. The number of allylic oxidation sites excluding steroid dienone is 2. The quantitative estimate of drug-likeness (QED) is 0.136. The molecular weight excluding hydrogens is 861 g/mol. The van der Waals surface area contributed by atoms with E-state index < -0.39 is 0 Å². The van der Waals surface area contributed by atoms with E-state index in [-0.39, 0.29) is 17.4 Å². The van der Waals surface area contributed by atoms with E-state index in [0.717, 1.165) is 84.8 Å². The number of benzene rings is 9. The predicted octanol–water partition coefficient (Wildman–Crippen LogP) is 13.4. The molecule has 70 heavy (non-hydrogen) atoms. The van der Waals surface area contributed by atoms with E-state index in [1.807, 2.05) is 138 Å². The Morgan fingerprint density at radius 1 is 0.386 bits per heavy atom. The highest BCUT2D eigenvalue weighted by Crippen LogP contribution is 2.40. The average Bonchev–Trinajstić information content (AvgIpc) is 4.13. The van der Waals surface area contributed by atoms with E-state index in [1.54, 1.807) is 13.7 Å². The average molecular weight is 905 g/mol. The molecule has 0 aliphatic carbocycles. The zero-order chi connectivity index (χ0) is 46.9. The van der Waals surface area contributed by atoms with Crippen molar-refractivity contribution < 1.29 is 0 Å². The van der Waals surface area contributed by atoms with E-state index in [9.17, 15) is 9.59 Å². The first kappa shape index (κ1) is 40.8. The highest BCUT2D eigenvalue weighted by Gasteiger charge is 2.29. The number of hydrogen-bond acceptors (Lipinski definition) is 3. The van der Waals surface area contributed by atoms with Crippen LogP contribution in [-0.4, -0.2) is 28.9 Å². The minimum absolute atomic E-state index is 0.122. The molecule has 0 N–H and O–H groups in total. The van der Waals surface area contributed by atoms with Crippen LogP contribution in [-0.2, 0) is 6.42 Å². The van der Waals surface area contributed by atoms with Crippen molar-refractivity contribution in [2.75, 3.05) is 4.90 Å². The fraction of sp³-hybridized carbons (Fsp3) is 0.0323. The molecule has 1 aliphatic rings. The van der Waals surface area contributed by atoms with Crippen molar-refractivity contribution in [1.29, 1.82) is 0 Å². The largest absolute Gasteiger partial charge is 0.338 e. The molecule has 0 spiro atoms. The molecule has 0 fully saturated rings. The second-order valence-electron chi connectivity index (χ2n) is 17.8. The lowest BCUT2D eigenvalue weighted by molar-refractivity contribution is 0.832. The summed E-state index contributed by atoms with van der Waals surface area (Å²) in [5, 5.41) is 2.37. The maximum Gasteiger partial charge on any atom is 0.338 e. The number of fused-ring (bicyclic) bond motifs is 6. The summed E-state index contributed by atoms with van der Waals surface area (Å²) in [5.41, 5.74) is 14.7. The number of para-hydroxylation sites is 7. The van der Waals surface area contributed by atoms with E-state index in [1.165, 1.54) is 22.0 Å². The third-order valence-electron chi connectivity index (χ3n) is 13.9. The van der Waals surface area contributed by atoms with Crippen LogP contribution in [0.1, 0.15) is 5.56 Å². The fourth-order valence-electron chi connectivity index (χ4n) is 10.8. The Kier molecular flexibility index (Phi) is 9.59. The highest BCUT2D eigenvalue weighted by atomic mass is 16.2. The molecule has 8 heteroatoms. The summed E-state index contributed by atoms with van der Waals surface area (Å²) in [6.45, 7) is 3.90. The van der Waals surface area contributed by atoms with Gasteiger partial charge in [-0.1, -0.05) is 140 Å². The summed E-state index contributed by atoms with van der Waals surface area (Å²) in [5.74, 6) is 0. The molecule has 1 unspecified atom stereocenters. The minimum Gasteiger partial charge on any atom is -0.334 e. The first-order chi connectivity index (χ1) is 34.5. The van der Waals surface area contributed by atoms with Crippen molar-refractivity contribution in [3.63, 3.8) is 0 Å². The number of anilines is 2. The highest BCUT2D eigenvalue weighted by molar-refractivity contribution is 6.09. The van der Waals surface area contributed by atoms with E-state index in [4.69, 9.17) is 0 Å². The van der Waals surface area contributed by atoms with Crippen LogP contribution in [0.3, 0.4) is 0 Å². The molecule has 0 radical (unpaired) electrons. The van der Waals surface area contributed by atoms with Crippen LogP contribution in [0, 0.1) is 0 Å². The number of rotatable bonds is 9. The van der Waals surface area contributed by atoms with Gasteiger partial charge in [0.2, 0.25) is 0 Å². The van der Waals surface area contributed by atoms with Gasteiger partial charge in [0.25, 0.3) is 0 Å². The number of nitrogens with zero attached hydrogens (tertiary/aromatic N) is 6. The third-order valence-corrected chi connectivity index (χ3v) is 13.9. The molecule has 3 aromatic heterocycles. The molecule has 4 heterocycles. The molecule has 0 bridgehead atoms. The summed E-state index contributed by atoms with van der Waals surface area (Å²) in [4.78, 5) is 31.7. The molecule has 13 rings (SSSR count). The van der Waals surface area contributed by atoms with Gasteiger partial charge in [-0.05, 0) is 126 Å². The molecule has 12 aromatic rings. The van der Waals surface area contributed by atoms with Crippen molar-refractivity contribution in [3.05, 3.63) is 270 Å². The zero-order valence-electron chi connectivity index (χ0n) is 38.0. The first-order valence-corrected chi connectivity index (χ1v) is 23.6. The van der Waals surface area contributed by atoms with Crippen LogP contribution < -0.4 is 16.3 Å². The fourth-order valence-corrected chi connectivity index (χ4v) is 10.8. The van der Waals surface area contributed by atoms with Crippen LogP contribution in [0.4, 0.5) is 11.4 Å². The van der Waals surface area contributed by atoms with Gasteiger partial charge >= 0.3 is 11.4 Å². The second kappa shape index (κ2) is 16.4. The van der Waals surface area contributed by atoms with Crippen molar-refractivity contribution in [2.24, 2.45) is 0 Å². The summed E-state index contributed by atoms with van der Waals surface area (Å²) in [7, 11) is 0. The Labute approximate surface area is 403 Å². The summed E-state index contributed by atoms with van der Waals surface area (Å²) >= 11 is 0. The molecule has 0 saturated heterocycles. The molecule has 334 valence electrons. The van der Waals surface area contributed by atoms with Crippen LogP contribution in [0.25, 0.3) is 83.4 Å². The number of hydrogen-bond donors (Lipinski definition) is 0. The summed E-state index contributed by atoms with van der Waals surface area (Å²) < 4.78 is 9.46. The molecule has 1 atom stereocenters. The smallest absolute Gasteiger partial charge is 0.334 e. The van der Waals surface area contributed by atoms with Gasteiger partial charge in [0.05, 0.1) is 61.9 Å². The maximum absolute atomic E-state index is 14.7. The topological polar surface area (TPSA) is 62.0 Å². The first-order valence-electron chi connectivity index (χ1n) is 23.6. The van der Waals surface area contributed by atoms with Crippen LogP contribution in [0.5, 0.6) is 0 Å². The maximum atomic E-state index is 14.7. The van der Waals surface area contributed by atoms with Crippen molar-refractivity contribution in [3.8, 4) is 39.6 Å². The third kappa shape index (κ3) is 6.45. The van der Waals surface area contributed by atoms with Gasteiger partial charge < -0.3 is 9.47 Å². The lowest BCUT2D eigenvalue weighted by Crippen LogP contribution is -2.26. The molecule has 0 saturated carbocycles. The Morgan fingerprint density at radius 2 is 0.786 bits per heavy atom. The number of imidazole rings is 2. The summed E-state index contributed by atoms with van der Waals surface area (Å²) in [6.07, 6.45) is 6.89. The van der Waals surface area contributed by atoms with Gasteiger partial charge in [0, 0.05) is 27.8 Å². The molecule has 8 nitrogen and oxygen atoms in total. The van der Waals surface area contributed by atoms with Crippen molar-refractivity contribution in [1.82, 2.24) is 22.8 Å². The van der Waals surface area contributed by atoms with Gasteiger partial charge in [-0.3, -0.25) is 18.3 Å². The normalized spacial score (nSPS) is 13.6. The van der Waals surface area contributed by atoms with Gasteiger partial charge in [0.1, 0.15) is 0 Å². The van der Waals surface area contributed by atoms with E-state index in [2.05, 4.69) is 119 Å². The molecule has 9 aromatic carbocycles. The summed E-state index contributed by atoms with van der Waals surface area (Å²) in [6, 6.07) is 74.1. The van der Waals surface area contributed by atoms with Gasteiger partial charge in [-0.2, -0.15) is 0 Å². The van der Waals surface area contributed by atoms with Crippen LogP contribution in [0.15, 0.2) is 253 Å². The van der Waals surface area contributed by atoms with E-state index >= 15 is 0 Å². The molecule has 0 amide bonds. The molecule has 1 aliphatic heterocycles. The lowest BCUT2D eigenvalue weighted by atomic mass is 10.0. The second-order valence-corrected chi connectivity index (χ2v) is 17.8. The zero-order valence-corrected chi connectivity index (χ0v) is 38.0. The Hall–Kier alpha value is -9.40. The van der Waals surface area contributed by atoms with E-state index in [0.29, 0.717) is 0 Å². The van der Waals surface area contributed by atoms with Crippen molar-refractivity contribution in [2.45, 2.75) is 12.5 Å². The van der Waals surface area contributed by atoms with Crippen molar-refractivity contribution >= 4 is 55.2 Å². The Bertz CT molecular complexity index is 4130. The lowest BCUT2D eigenvalue weighted by Gasteiger charge is -2.26. The Morgan fingerprint density at radius 3 is 1.29 bits per heavy atom. The van der Waals surface area contributed by atoms with Crippen LogP contribution >= 0.6 is 0 Å². The predicted molar refractivity (Wildman–Crippen MR) is 286 cm³/mol. The standard InChI is InChI=1S/C62H44N6O2/c1-2-3-17-47-39-44-16-4-7-24-54(44)63(47)48-18-14-20-50(40-48)67-59-29-12-10-27-57(59)65(61(67)69)45-35-31-42(32-36-45)43-33-37-46(38-34-43)66-58-28-11-13-30-60(58)68(62(66)70)51-21-15-19-49(41-51)64-55-25-8-5-22-52(55)53-23-6-9-26-56(53)64/h2-38,40-41,47H,1,39H2/b17-3-. The Balaban J connectivity index is 0.827. The monoisotopic (exact) mass is 904 g/mol.